The average Bonchev–Trinajstić information content (AvgIpc) is 2.65. The minimum Gasteiger partial charge on any atom is -0.744 e. The number of rotatable bonds is 3. The molecule has 0 radical (unpaired) electrons. The molecule has 0 saturated carbocycles. The van der Waals surface area contributed by atoms with Crippen LogP contribution in [0.4, 0.5) is 0 Å². The molecule has 0 atom stereocenters. The first-order valence-electron chi connectivity index (χ1n) is 10.3. The molecule has 13 heteroatoms. The van der Waals surface area contributed by atoms with Gasteiger partial charge in [-0.15, -0.1) is 0 Å². The summed E-state index contributed by atoms with van der Waals surface area (Å²) in [5.41, 5.74) is 4.35. The smallest absolute Gasteiger partial charge is 0.744 e. The Balaban J connectivity index is 0.000000518. The van der Waals surface area contributed by atoms with Gasteiger partial charge in [0, 0.05) is 0 Å². The van der Waals surface area contributed by atoms with E-state index in [2.05, 4.69) is 0 Å². The van der Waals surface area contributed by atoms with Crippen LogP contribution < -0.4 is 0 Å². The van der Waals surface area contributed by atoms with Crippen LogP contribution in [0.1, 0.15) is 33.4 Å². The molecule has 0 aromatic heterocycles. The first kappa shape index (κ1) is 34.9. The fourth-order valence-corrected chi connectivity index (χ4v) is 5.30. The van der Waals surface area contributed by atoms with Crippen LogP contribution in [0.3, 0.4) is 0 Å². The second-order valence-electron chi connectivity index (χ2n) is 8.17. The van der Waals surface area contributed by atoms with Crippen LogP contribution in [-0.2, 0) is 30.4 Å². The van der Waals surface area contributed by atoms with Crippen molar-refractivity contribution in [3.05, 3.63) is 88.0 Å². The summed E-state index contributed by atoms with van der Waals surface area (Å²) in [5, 5.41) is 0. The van der Waals surface area contributed by atoms with E-state index in [1.54, 1.807) is 57.2 Å². The third kappa shape index (κ3) is 11.5. The van der Waals surface area contributed by atoms with E-state index in [1.807, 2.05) is 20.8 Å². The summed E-state index contributed by atoms with van der Waals surface area (Å²) in [5.74, 6) is 0. The molecule has 0 saturated heterocycles. The summed E-state index contributed by atoms with van der Waals surface area (Å²) < 4.78 is 95.5. The van der Waals surface area contributed by atoms with E-state index in [1.165, 1.54) is 18.2 Å². The standard InChI is InChI=1S/3C8H10O3S.Al/c3*1-6-3-4-8(7(2)5-6)12(9,10)11;/h3*3-5H,1-2H3,(H,9,10,11);/q;;;+3/p-3. The molecule has 0 aliphatic carbocycles. The van der Waals surface area contributed by atoms with Gasteiger partial charge in [-0.2, -0.15) is 0 Å². The van der Waals surface area contributed by atoms with Crippen molar-refractivity contribution in [3.63, 3.8) is 0 Å². The van der Waals surface area contributed by atoms with Crippen LogP contribution in [0.15, 0.2) is 69.3 Å². The van der Waals surface area contributed by atoms with Gasteiger partial charge in [0.1, 0.15) is 30.4 Å². The summed E-state index contributed by atoms with van der Waals surface area (Å²) in [6.45, 7) is 10.4. The second kappa shape index (κ2) is 13.6. The van der Waals surface area contributed by atoms with E-state index in [0.717, 1.165) is 16.7 Å². The van der Waals surface area contributed by atoms with Crippen molar-refractivity contribution in [1.29, 1.82) is 0 Å². The van der Waals surface area contributed by atoms with Crippen molar-refractivity contribution in [1.82, 2.24) is 0 Å². The zero-order valence-corrected chi connectivity index (χ0v) is 24.8. The van der Waals surface area contributed by atoms with Crippen molar-refractivity contribution in [3.8, 4) is 0 Å². The molecule has 37 heavy (non-hydrogen) atoms. The van der Waals surface area contributed by atoms with Gasteiger partial charge in [0.15, 0.2) is 0 Å². The van der Waals surface area contributed by atoms with Crippen LogP contribution in [0.25, 0.3) is 0 Å². The van der Waals surface area contributed by atoms with E-state index < -0.39 is 30.4 Å². The minimum absolute atomic E-state index is 0. The van der Waals surface area contributed by atoms with Gasteiger partial charge in [0.05, 0.1) is 14.7 Å². The van der Waals surface area contributed by atoms with Crippen LogP contribution in [0, 0.1) is 41.5 Å². The van der Waals surface area contributed by atoms with Crippen molar-refractivity contribution in [2.45, 2.75) is 56.2 Å². The van der Waals surface area contributed by atoms with Crippen molar-refractivity contribution in [2.75, 3.05) is 0 Å². The molecule has 9 nitrogen and oxygen atoms in total. The van der Waals surface area contributed by atoms with Crippen LogP contribution >= 0.6 is 0 Å². The topological polar surface area (TPSA) is 172 Å². The molecule has 198 valence electrons. The van der Waals surface area contributed by atoms with Gasteiger partial charge in [0.25, 0.3) is 0 Å². The zero-order valence-electron chi connectivity index (χ0n) is 21.2. The molecule has 0 aliphatic rings. The third-order valence-corrected chi connectivity index (χ3v) is 7.79. The monoisotopic (exact) mass is 582 g/mol. The largest absolute Gasteiger partial charge is 3.00 e. The first-order valence-corrected chi connectivity index (χ1v) is 14.6. The fraction of sp³-hybridized carbons (Fsp3) is 0.250. The Morgan fingerprint density at radius 2 is 0.622 bits per heavy atom. The molecule has 0 N–H and O–H groups in total. The Kier molecular flexibility index (Phi) is 12.9. The molecular formula is C24H27AlO9S3. The Morgan fingerprint density at radius 1 is 0.432 bits per heavy atom. The first-order chi connectivity index (χ1) is 16.2. The zero-order chi connectivity index (χ0) is 28.1. The normalized spacial score (nSPS) is 11.3. The SMILES string of the molecule is Cc1ccc(S(=O)(=O)[O-])c(C)c1.Cc1ccc(S(=O)(=O)[O-])c(C)c1.Cc1ccc(S(=O)(=O)[O-])c(C)c1.[Al+3]. The third-order valence-electron chi connectivity index (χ3n) is 4.80. The summed E-state index contributed by atoms with van der Waals surface area (Å²) in [6.07, 6.45) is 0. The van der Waals surface area contributed by atoms with Gasteiger partial charge >= 0.3 is 17.4 Å². The molecule has 0 amide bonds. The van der Waals surface area contributed by atoms with E-state index >= 15 is 0 Å². The number of hydrogen-bond donors (Lipinski definition) is 0. The van der Waals surface area contributed by atoms with Crippen molar-refractivity contribution in [2.24, 2.45) is 0 Å². The molecule has 0 aliphatic heterocycles. The Hall–Kier alpha value is -2.08. The van der Waals surface area contributed by atoms with Gasteiger partial charge in [-0.25, -0.2) is 25.3 Å². The van der Waals surface area contributed by atoms with Gasteiger partial charge in [-0.1, -0.05) is 53.1 Å². The average molecular weight is 583 g/mol. The second-order valence-corrected chi connectivity index (χ2v) is 12.2. The Morgan fingerprint density at radius 3 is 0.757 bits per heavy atom. The molecule has 3 rings (SSSR count). The summed E-state index contributed by atoms with van der Waals surface area (Å²) in [6, 6.07) is 13.9. The van der Waals surface area contributed by atoms with Crippen LogP contribution in [0.5, 0.6) is 0 Å². The Bertz CT molecular complexity index is 1370. The van der Waals surface area contributed by atoms with Gasteiger partial charge < -0.3 is 13.7 Å². The van der Waals surface area contributed by atoms with Gasteiger partial charge in [-0.3, -0.25) is 0 Å². The van der Waals surface area contributed by atoms with Crippen molar-refractivity contribution >= 4 is 47.7 Å². The van der Waals surface area contributed by atoms with Gasteiger partial charge in [0.2, 0.25) is 0 Å². The minimum atomic E-state index is -4.30. The van der Waals surface area contributed by atoms with E-state index in [9.17, 15) is 38.9 Å². The molecule has 0 spiro atoms. The predicted octanol–water partition coefficient (Wildman–Crippen LogP) is 3.24. The van der Waals surface area contributed by atoms with Crippen molar-refractivity contribution < 1.29 is 38.9 Å². The molecule has 0 bridgehead atoms. The number of benzene rings is 3. The predicted molar refractivity (Wildman–Crippen MR) is 137 cm³/mol. The maximum absolute atomic E-state index is 10.6. The Labute approximate surface area is 230 Å². The van der Waals surface area contributed by atoms with Crippen LogP contribution in [0.2, 0.25) is 0 Å². The maximum atomic E-state index is 10.6. The summed E-state index contributed by atoms with van der Waals surface area (Å²) in [4.78, 5) is -0.394. The van der Waals surface area contributed by atoms with E-state index in [0.29, 0.717) is 16.7 Å². The molecular weight excluding hydrogens is 555 g/mol. The summed E-state index contributed by atoms with van der Waals surface area (Å²) >= 11 is 0. The number of hydrogen-bond acceptors (Lipinski definition) is 9. The van der Waals surface area contributed by atoms with E-state index in [4.69, 9.17) is 0 Å². The fourth-order valence-electron chi connectivity index (χ4n) is 3.24. The molecule has 3 aromatic carbocycles. The van der Waals surface area contributed by atoms with E-state index in [-0.39, 0.29) is 32.0 Å². The summed E-state index contributed by atoms with van der Waals surface area (Å²) in [7, 11) is -12.9. The van der Waals surface area contributed by atoms with Gasteiger partial charge in [-0.05, 0) is 76.4 Å². The quantitative estimate of drug-likeness (QED) is 0.332. The van der Waals surface area contributed by atoms with Crippen LogP contribution in [-0.4, -0.2) is 56.3 Å². The maximum Gasteiger partial charge on any atom is 3.00 e. The molecule has 0 heterocycles. The number of aryl methyl sites for hydroxylation is 6. The molecule has 3 aromatic rings. The molecule has 0 fully saturated rings. The molecule has 0 unspecified atom stereocenters.